The van der Waals surface area contributed by atoms with Crippen LogP contribution in [0.2, 0.25) is 0 Å². The molecule has 6 heteroatoms. The summed E-state index contributed by atoms with van der Waals surface area (Å²) in [6.45, 7) is 0. The monoisotopic (exact) mass is 406 g/mol. The van der Waals surface area contributed by atoms with Crippen molar-refractivity contribution in [3.8, 4) is 0 Å². The van der Waals surface area contributed by atoms with Crippen LogP contribution < -0.4 is 0 Å². The highest BCUT2D eigenvalue weighted by molar-refractivity contribution is 7.10. The second-order valence-corrected chi connectivity index (χ2v) is 8.74. The lowest BCUT2D eigenvalue weighted by molar-refractivity contribution is -0.141. The number of rotatable bonds is 3. The highest BCUT2D eigenvalue weighted by atomic mass is 32.1. The van der Waals surface area contributed by atoms with E-state index in [9.17, 15) is 14.7 Å². The van der Waals surface area contributed by atoms with Gasteiger partial charge in [0.05, 0.1) is 11.6 Å². The van der Waals surface area contributed by atoms with Crippen LogP contribution >= 0.6 is 11.3 Å². The van der Waals surface area contributed by atoms with E-state index in [1.807, 2.05) is 41.8 Å². The summed E-state index contributed by atoms with van der Waals surface area (Å²) < 4.78 is 0. The minimum absolute atomic E-state index is 0.0422. The molecule has 2 aliphatic rings. The summed E-state index contributed by atoms with van der Waals surface area (Å²) in [7, 11) is 0. The van der Waals surface area contributed by atoms with Crippen molar-refractivity contribution in [2.45, 2.75) is 44.2 Å². The van der Waals surface area contributed by atoms with Crippen LogP contribution in [0, 0.1) is 0 Å². The normalized spacial score (nSPS) is 22.6. The van der Waals surface area contributed by atoms with E-state index in [-0.39, 0.29) is 17.4 Å². The number of nitrogens with zero attached hydrogens (tertiary/aromatic N) is 1. The van der Waals surface area contributed by atoms with Crippen LogP contribution in [-0.2, 0) is 9.59 Å². The first-order valence-corrected chi connectivity index (χ1v) is 10.9. The molecule has 3 heterocycles. The Morgan fingerprint density at radius 1 is 1.07 bits per heavy atom. The van der Waals surface area contributed by atoms with Gasteiger partial charge in [0.2, 0.25) is 0 Å². The standard InChI is InChI=1S/C23H22N2O3S/c26-21(16-13-24-17-10-5-4-9-15(16)17)19-20(18-11-6-12-29-18)25(23(28)22(19)27)14-7-2-1-3-8-14/h4-6,9-14,20,24,26H,1-3,7-8H2/b21-19-. The molecule has 0 spiro atoms. The van der Waals surface area contributed by atoms with Gasteiger partial charge >= 0.3 is 0 Å². The van der Waals surface area contributed by atoms with E-state index in [1.165, 1.54) is 17.8 Å². The number of hydrogen-bond acceptors (Lipinski definition) is 4. The average Bonchev–Trinajstić information content (AvgIpc) is 3.47. The molecular weight excluding hydrogens is 384 g/mol. The third-order valence-electron chi connectivity index (χ3n) is 6.11. The number of hydrogen-bond donors (Lipinski definition) is 2. The van der Waals surface area contributed by atoms with Crippen LogP contribution in [0.1, 0.15) is 48.6 Å². The maximum atomic E-state index is 13.1. The number of H-pyrrole nitrogens is 1. The number of benzene rings is 1. The van der Waals surface area contributed by atoms with Gasteiger partial charge in [-0.2, -0.15) is 0 Å². The Kier molecular flexibility index (Phi) is 4.51. The highest BCUT2D eigenvalue weighted by Crippen LogP contribution is 2.44. The number of carbonyl (C=O) groups is 2. The first kappa shape index (κ1) is 18.2. The SMILES string of the molecule is O=C1C(=O)N(C2CCCCC2)C(c2cccs2)/C1=C(/O)c1c[nH]c2ccccc12. The van der Waals surface area contributed by atoms with Gasteiger partial charge in [-0.1, -0.05) is 43.5 Å². The summed E-state index contributed by atoms with van der Waals surface area (Å²) in [5.41, 5.74) is 1.64. The maximum absolute atomic E-state index is 13.1. The van der Waals surface area contributed by atoms with Crippen molar-refractivity contribution in [1.29, 1.82) is 0 Å². The number of nitrogens with one attached hydrogen (secondary N) is 1. The van der Waals surface area contributed by atoms with Gasteiger partial charge in [0.15, 0.2) is 0 Å². The number of aliphatic hydroxyl groups is 1. The van der Waals surface area contributed by atoms with E-state index < -0.39 is 17.7 Å². The molecule has 1 atom stereocenters. The molecule has 5 rings (SSSR count). The Bertz CT molecular complexity index is 1110. The number of Topliss-reactive ketones (excluding diaryl/α,β-unsaturated/α-hetero) is 1. The number of likely N-dealkylation sites (tertiary alicyclic amines) is 1. The quantitative estimate of drug-likeness (QED) is 0.366. The number of para-hydroxylation sites is 1. The summed E-state index contributed by atoms with van der Waals surface area (Å²) in [5.74, 6) is -1.18. The van der Waals surface area contributed by atoms with Crippen LogP contribution in [0.15, 0.2) is 53.5 Å². The van der Waals surface area contributed by atoms with Crippen molar-refractivity contribution >= 4 is 39.7 Å². The fourth-order valence-electron chi connectivity index (χ4n) is 4.72. The molecule has 1 saturated heterocycles. The van der Waals surface area contributed by atoms with Crippen molar-refractivity contribution in [2.24, 2.45) is 0 Å². The Labute approximate surface area is 172 Å². The summed E-state index contributed by atoms with van der Waals surface area (Å²) in [5, 5.41) is 14.0. The summed E-state index contributed by atoms with van der Waals surface area (Å²) in [6.07, 6.45) is 6.81. The van der Waals surface area contributed by atoms with Crippen molar-refractivity contribution in [1.82, 2.24) is 9.88 Å². The molecule has 1 unspecified atom stereocenters. The van der Waals surface area contributed by atoms with Crippen LogP contribution in [0.25, 0.3) is 16.7 Å². The number of carbonyl (C=O) groups excluding carboxylic acids is 2. The molecule has 1 amide bonds. The first-order valence-electron chi connectivity index (χ1n) is 10.1. The minimum atomic E-state index is -0.586. The van der Waals surface area contributed by atoms with Crippen LogP contribution in [0.5, 0.6) is 0 Å². The van der Waals surface area contributed by atoms with Crippen molar-refractivity contribution < 1.29 is 14.7 Å². The van der Waals surface area contributed by atoms with Crippen molar-refractivity contribution in [3.63, 3.8) is 0 Å². The first-order chi connectivity index (χ1) is 14.2. The van der Waals surface area contributed by atoms with Gasteiger partial charge in [-0.25, -0.2) is 0 Å². The number of amides is 1. The number of aliphatic hydroxyl groups excluding tert-OH is 1. The van der Waals surface area contributed by atoms with E-state index in [0.717, 1.165) is 41.5 Å². The molecule has 148 valence electrons. The molecule has 3 aromatic rings. The van der Waals surface area contributed by atoms with Crippen LogP contribution in [0.4, 0.5) is 0 Å². The molecule has 2 fully saturated rings. The van der Waals surface area contributed by atoms with E-state index in [4.69, 9.17) is 0 Å². The van der Waals surface area contributed by atoms with Crippen LogP contribution in [0.3, 0.4) is 0 Å². The molecule has 1 aliphatic heterocycles. The predicted octanol–water partition coefficient (Wildman–Crippen LogP) is 4.98. The predicted molar refractivity (Wildman–Crippen MR) is 114 cm³/mol. The lowest BCUT2D eigenvalue weighted by Crippen LogP contribution is -2.40. The third-order valence-corrected chi connectivity index (χ3v) is 7.03. The smallest absolute Gasteiger partial charge is 0.295 e. The lowest BCUT2D eigenvalue weighted by atomic mass is 9.92. The van der Waals surface area contributed by atoms with Gasteiger partial charge in [-0.05, 0) is 30.4 Å². The van der Waals surface area contributed by atoms with E-state index >= 15 is 0 Å². The minimum Gasteiger partial charge on any atom is -0.507 e. The van der Waals surface area contributed by atoms with Gasteiger partial charge in [0, 0.05) is 33.6 Å². The average molecular weight is 407 g/mol. The maximum Gasteiger partial charge on any atom is 0.295 e. The molecule has 1 aliphatic carbocycles. The Hall–Kier alpha value is -2.86. The van der Waals surface area contributed by atoms with Gasteiger partial charge in [0.1, 0.15) is 5.76 Å². The number of aromatic amines is 1. The Morgan fingerprint density at radius 2 is 1.86 bits per heavy atom. The molecule has 29 heavy (non-hydrogen) atoms. The lowest BCUT2D eigenvalue weighted by Gasteiger charge is -2.34. The van der Waals surface area contributed by atoms with E-state index in [2.05, 4.69) is 4.98 Å². The molecule has 2 aromatic heterocycles. The van der Waals surface area contributed by atoms with Crippen molar-refractivity contribution in [3.05, 3.63) is 64.0 Å². The van der Waals surface area contributed by atoms with Crippen molar-refractivity contribution in [2.75, 3.05) is 0 Å². The number of ketones is 1. The number of fused-ring (bicyclic) bond motifs is 1. The zero-order chi connectivity index (χ0) is 20.0. The fraction of sp³-hybridized carbons (Fsp3) is 0.304. The third kappa shape index (κ3) is 2.90. The second kappa shape index (κ2) is 7.19. The Balaban J connectivity index is 1.68. The van der Waals surface area contributed by atoms with E-state index in [0.29, 0.717) is 5.56 Å². The largest absolute Gasteiger partial charge is 0.507 e. The van der Waals surface area contributed by atoms with Gasteiger partial charge in [-0.15, -0.1) is 11.3 Å². The zero-order valence-corrected chi connectivity index (χ0v) is 16.7. The molecule has 1 aromatic carbocycles. The highest BCUT2D eigenvalue weighted by Gasteiger charge is 2.49. The molecule has 2 N–H and O–H groups in total. The molecular formula is C23H22N2O3S. The summed E-state index contributed by atoms with van der Waals surface area (Å²) in [4.78, 5) is 32.0. The molecule has 0 bridgehead atoms. The summed E-state index contributed by atoms with van der Waals surface area (Å²) >= 11 is 1.51. The Morgan fingerprint density at radius 3 is 2.62 bits per heavy atom. The molecule has 1 saturated carbocycles. The van der Waals surface area contributed by atoms with Crippen LogP contribution in [-0.4, -0.2) is 32.7 Å². The topological polar surface area (TPSA) is 73.4 Å². The fourth-order valence-corrected chi connectivity index (χ4v) is 5.56. The summed E-state index contributed by atoms with van der Waals surface area (Å²) in [6, 6.07) is 11.0. The number of thiophene rings is 1. The zero-order valence-electron chi connectivity index (χ0n) is 15.9. The van der Waals surface area contributed by atoms with Gasteiger partial charge in [-0.3, -0.25) is 9.59 Å². The van der Waals surface area contributed by atoms with Gasteiger partial charge < -0.3 is 15.0 Å². The van der Waals surface area contributed by atoms with Gasteiger partial charge in [0.25, 0.3) is 11.7 Å². The molecule has 0 radical (unpaired) electrons. The second-order valence-electron chi connectivity index (χ2n) is 7.76. The van der Waals surface area contributed by atoms with E-state index in [1.54, 1.807) is 11.1 Å². The molecule has 5 nitrogen and oxygen atoms in total. The number of aromatic nitrogens is 1.